The third-order valence-electron chi connectivity index (χ3n) is 3.89. The van der Waals surface area contributed by atoms with E-state index in [1.54, 1.807) is 12.5 Å². The van der Waals surface area contributed by atoms with Gasteiger partial charge in [-0.25, -0.2) is 4.98 Å². The van der Waals surface area contributed by atoms with Crippen molar-refractivity contribution >= 4 is 5.97 Å². The molecular formula is C13H21N3O2. The largest absolute Gasteiger partial charge is 0.480 e. The van der Waals surface area contributed by atoms with Crippen molar-refractivity contribution in [2.45, 2.75) is 39.3 Å². The van der Waals surface area contributed by atoms with Crippen molar-refractivity contribution in [2.24, 2.45) is 12.5 Å². The van der Waals surface area contributed by atoms with Crippen LogP contribution < -0.4 is 0 Å². The lowest BCUT2D eigenvalue weighted by Gasteiger charge is -2.44. The SMILES string of the molecule is Cn1cncc1CN1CCCC(C)(C)C1C(=O)O. The van der Waals surface area contributed by atoms with Gasteiger partial charge in [0.05, 0.1) is 12.0 Å². The van der Waals surface area contributed by atoms with Crippen molar-refractivity contribution in [3.63, 3.8) is 0 Å². The third kappa shape index (κ3) is 2.41. The van der Waals surface area contributed by atoms with Crippen LogP contribution in [-0.4, -0.2) is 38.1 Å². The van der Waals surface area contributed by atoms with Crippen molar-refractivity contribution in [1.29, 1.82) is 0 Å². The molecule has 1 N–H and O–H groups in total. The van der Waals surface area contributed by atoms with Crippen LogP contribution in [0.3, 0.4) is 0 Å². The molecule has 0 spiro atoms. The Kier molecular flexibility index (Phi) is 3.43. The molecule has 1 fully saturated rings. The van der Waals surface area contributed by atoms with Crippen LogP contribution >= 0.6 is 0 Å². The molecule has 0 aliphatic carbocycles. The van der Waals surface area contributed by atoms with E-state index in [0.29, 0.717) is 6.54 Å². The van der Waals surface area contributed by atoms with Crippen LogP contribution in [-0.2, 0) is 18.4 Å². The van der Waals surface area contributed by atoms with Gasteiger partial charge >= 0.3 is 5.97 Å². The number of carbonyl (C=O) groups is 1. The molecule has 1 aliphatic heterocycles. The van der Waals surface area contributed by atoms with Crippen LogP contribution in [0.4, 0.5) is 0 Å². The number of hydrogen-bond acceptors (Lipinski definition) is 3. The fourth-order valence-corrected chi connectivity index (χ4v) is 2.90. The molecule has 1 aliphatic rings. The second-order valence-electron chi connectivity index (χ2n) is 5.80. The van der Waals surface area contributed by atoms with Gasteiger partial charge in [-0.2, -0.15) is 0 Å². The van der Waals surface area contributed by atoms with Crippen LogP contribution in [0.25, 0.3) is 0 Å². The smallest absolute Gasteiger partial charge is 0.321 e. The number of nitrogens with zero attached hydrogens (tertiary/aromatic N) is 3. The molecule has 1 saturated heterocycles. The Morgan fingerprint density at radius 3 is 2.89 bits per heavy atom. The summed E-state index contributed by atoms with van der Waals surface area (Å²) in [6.45, 7) is 5.57. The minimum absolute atomic E-state index is 0.178. The number of carboxylic acids is 1. The number of rotatable bonds is 3. The van der Waals surface area contributed by atoms with Crippen LogP contribution in [0.2, 0.25) is 0 Å². The second-order valence-corrected chi connectivity index (χ2v) is 5.80. The third-order valence-corrected chi connectivity index (χ3v) is 3.89. The van der Waals surface area contributed by atoms with E-state index in [4.69, 9.17) is 0 Å². The molecule has 1 aromatic rings. The van der Waals surface area contributed by atoms with Gasteiger partial charge in [-0.15, -0.1) is 0 Å². The van der Waals surface area contributed by atoms with E-state index >= 15 is 0 Å². The molecule has 0 aromatic carbocycles. The zero-order valence-electron chi connectivity index (χ0n) is 11.3. The van der Waals surface area contributed by atoms with E-state index in [1.165, 1.54) is 0 Å². The highest BCUT2D eigenvalue weighted by molar-refractivity contribution is 5.74. The molecule has 1 unspecified atom stereocenters. The number of aryl methyl sites for hydroxylation is 1. The lowest BCUT2D eigenvalue weighted by molar-refractivity contribution is -0.151. The van der Waals surface area contributed by atoms with Gasteiger partial charge in [0.2, 0.25) is 0 Å². The molecule has 100 valence electrons. The van der Waals surface area contributed by atoms with Gasteiger partial charge in [-0.1, -0.05) is 13.8 Å². The molecule has 0 saturated carbocycles. The molecule has 5 nitrogen and oxygen atoms in total. The van der Waals surface area contributed by atoms with Crippen LogP contribution in [0.5, 0.6) is 0 Å². The molecular weight excluding hydrogens is 230 g/mol. The first-order chi connectivity index (χ1) is 8.42. The number of aliphatic carboxylic acids is 1. The molecule has 0 radical (unpaired) electrons. The van der Waals surface area contributed by atoms with Gasteiger partial charge in [0, 0.05) is 19.8 Å². The molecule has 0 bridgehead atoms. The molecule has 1 atom stereocenters. The van der Waals surface area contributed by atoms with E-state index in [-0.39, 0.29) is 5.41 Å². The fourth-order valence-electron chi connectivity index (χ4n) is 2.90. The Morgan fingerprint density at radius 2 is 2.33 bits per heavy atom. The highest BCUT2D eigenvalue weighted by Crippen LogP contribution is 2.35. The standard InChI is InChI=1S/C13H21N3O2/c1-13(2)5-4-6-16(11(13)12(17)18)8-10-7-14-9-15(10)3/h7,9,11H,4-6,8H2,1-3H3,(H,17,18). The number of carboxylic acid groups (broad SMARTS) is 1. The Morgan fingerprint density at radius 1 is 1.61 bits per heavy atom. The summed E-state index contributed by atoms with van der Waals surface area (Å²) in [5.41, 5.74) is 0.877. The first-order valence-corrected chi connectivity index (χ1v) is 6.34. The molecule has 1 aromatic heterocycles. The maximum Gasteiger partial charge on any atom is 0.321 e. The van der Waals surface area contributed by atoms with E-state index in [9.17, 15) is 9.90 Å². The number of piperidine rings is 1. The molecule has 2 heterocycles. The highest BCUT2D eigenvalue weighted by Gasteiger charge is 2.42. The highest BCUT2D eigenvalue weighted by atomic mass is 16.4. The minimum atomic E-state index is -0.720. The summed E-state index contributed by atoms with van der Waals surface area (Å²) in [5.74, 6) is -0.720. The summed E-state index contributed by atoms with van der Waals surface area (Å²) in [6.07, 6.45) is 5.57. The summed E-state index contributed by atoms with van der Waals surface area (Å²) in [7, 11) is 1.94. The minimum Gasteiger partial charge on any atom is -0.480 e. The maximum absolute atomic E-state index is 11.5. The zero-order valence-corrected chi connectivity index (χ0v) is 11.3. The number of aromatic nitrogens is 2. The van der Waals surface area contributed by atoms with Gasteiger partial charge in [0.15, 0.2) is 0 Å². The second kappa shape index (κ2) is 4.72. The molecule has 5 heteroatoms. The van der Waals surface area contributed by atoms with Crippen molar-refractivity contribution in [3.8, 4) is 0 Å². The van der Waals surface area contributed by atoms with Gasteiger partial charge in [-0.3, -0.25) is 9.69 Å². The van der Waals surface area contributed by atoms with E-state index in [2.05, 4.69) is 9.88 Å². The quantitative estimate of drug-likeness (QED) is 0.884. The maximum atomic E-state index is 11.5. The lowest BCUT2D eigenvalue weighted by atomic mass is 9.76. The summed E-state index contributed by atoms with van der Waals surface area (Å²) >= 11 is 0. The van der Waals surface area contributed by atoms with Gasteiger partial charge < -0.3 is 9.67 Å². The van der Waals surface area contributed by atoms with Crippen molar-refractivity contribution in [3.05, 3.63) is 18.2 Å². The summed E-state index contributed by atoms with van der Waals surface area (Å²) < 4.78 is 1.94. The molecule has 0 amide bonds. The predicted molar refractivity (Wildman–Crippen MR) is 68.1 cm³/mol. The van der Waals surface area contributed by atoms with Crippen LogP contribution in [0.1, 0.15) is 32.4 Å². The number of likely N-dealkylation sites (tertiary alicyclic amines) is 1. The Balaban J connectivity index is 2.20. The Labute approximate surface area is 107 Å². The monoisotopic (exact) mass is 251 g/mol. The van der Waals surface area contributed by atoms with E-state index in [1.807, 2.05) is 25.5 Å². The Hall–Kier alpha value is -1.36. The first kappa shape index (κ1) is 13.1. The summed E-state index contributed by atoms with van der Waals surface area (Å²) in [5, 5.41) is 9.48. The average Bonchev–Trinajstić information content (AvgIpc) is 2.62. The normalized spacial score (nSPS) is 24.1. The average molecular weight is 251 g/mol. The zero-order chi connectivity index (χ0) is 13.3. The number of imidazole rings is 1. The van der Waals surface area contributed by atoms with Gasteiger partial charge in [0.1, 0.15) is 6.04 Å². The van der Waals surface area contributed by atoms with Crippen LogP contribution in [0.15, 0.2) is 12.5 Å². The topological polar surface area (TPSA) is 58.4 Å². The van der Waals surface area contributed by atoms with E-state index < -0.39 is 12.0 Å². The first-order valence-electron chi connectivity index (χ1n) is 6.34. The van der Waals surface area contributed by atoms with Crippen molar-refractivity contribution in [1.82, 2.24) is 14.5 Å². The van der Waals surface area contributed by atoms with E-state index in [0.717, 1.165) is 25.1 Å². The summed E-state index contributed by atoms with van der Waals surface area (Å²) in [6, 6.07) is -0.416. The molecule has 18 heavy (non-hydrogen) atoms. The van der Waals surface area contributed by atoms with Gasteiger partial charge in [0.25, 0.3) is 0 Å². The van der Waals surface area contributed by atoms with Crippen molar-refractivity contribution < 1.29 is 9.90 Å². The van der Waals surface area contributed by atoms with Crippen molar-refractivity contribution in [2.75, 3.05) is 6.54 Å². The fraction of sp³-hybridized carbons (Fsp3) is 0.692. The summed E-state index contributed by atoms with van der Waals surface area (Å²) in [4.78, 5) is 17.7. The predicted octanol–water partition coefficient (Wildman–Crippen LogP) is 1.50. The van der Waals surface area contributed by atoms with Crippen LogP contribution in [0, 0.1) is 5.41 Å². The molecule has 2 rings (SSSR count). The Bertz CT molecular complexity index is 439. The number of hydrogen-bond donors (Lipinski definition) is 1. The lowest BCUT2D eigenvalue weighted by Crippen LogP contribution is -2.53. The van der Waals surface area contributed by atoms with Gasteiger partial charge in [-0.05, 0) is 24.8 Å².